The fourth-order valence-electron chi connectivity index (χ4n) is 0.840. The maximum atomic E-state index is 5.26. The predicted octanol–water partition coefficient (Wildman–Crippen LogP) is 3.47. The third-order valence-corrected chi connectivity index (χ3v) is 2.43. The molecular formula is C11H15NS. The van der Waals surface area contributed by atoms with Gasteiger partial charge in [-0.05, 0) is 12.1 Å². The largest absolute Gasteiger partial charge is 0.350 e. The molecule has 1 nitrogen and oxygen atoms in total. The van der Waals surface area contributed by atoms with Gasteiger partial charge in [0.05, 0.1) is 4.99 Å². The van der Waals surface area contributed by atoms with Crippen molar-refractivity contribution in [1.82, 2.24) is 0 Å². The number of anilines is 1. The molecule has 1 aromatic carbocycles. The van der Waals surface area contributed by atoms with Gasteiger partial charge in [0.1, 0.15) is 0 Å². The van der Waals surface area contributed by atoms with Crippen LogP contribution in [0.15, 0.2) is 30.3 Å². The first-order chi connectivity index (χ1) is 6.00. The molecule has 0 bridgehead atoms. The standard InChI is InChI=1S/C11H15NS/c1-11(2,3)10(13)12-9-7-5-4-6-8-9/h4-8H,1-3H3,(H,12,13). The van der Waals surface area contributed by atoms with Crippen LogP contribution in [0, 0.1) is 5.41 Å². The van der Waals surface area contributed by atoms with Gasteiger partial charge in [-0.2, -0.15) is 0 Å². The third-order valence-electron chi connectivity index (χ3n) is 1.71. The molecule has 0 fully saturated rings. The molecule has 13 heavy (non-hydrogen) atoms. The number of hydrogen-bond donors (Lipinski definition) is 1. The van der Waals surface area contributed by atoms with Gasteiger partial charge in [-0.3, -0.25) is 0 Å². The normalized spacial score (nSPS) is 11.0. The van der Waals surface area contributed by atoms with E-state index >= 15 is 0 Å². The van der Waals surface area contributed by atoms with Crippen molar-refractivity contribution in [2.45, 2.75) is 20.8 Å². The summed E-state index contributed by atoms with van der Waals surface area (Å²) in [4.78, 5) is 0.874. The van der Waals surface area contributed by atoms with Crippen LogP contribution in [0.1, 0.15) is 20.8 Å². The van der Waals surface area contributed by atoms with Crippen LogP contribution < -0.4 is 5.32 Å². The minimum Gasteiger partial charge on any atom is -0.350 e. The highest BCUT2D eigenvalue weighted by molar-refractivity contribution is 7.80. The molecule has 1 N–H and O–H groups in total. The number of para-hydroxylation sites is 1. The summed E-state index contributed by atoms with van der Waals surface area (Å²) in [5.74, 6) is 0. The Hall–Kier alpha value is -0.890. The van der Waals surface area contributed by atoms with Crippen LogP contribution >= 0.6 is 12.2 Å². The second-order valence-corrected chi connectivity index (χ2v) is 4.48. The average Bonchev–Trinajstić information content (AvgIpc) is 2.04. The van der Waals surface area contributed by atoms with Crippen LogP contribution in [-0.2, 0) is 0 Å². The number of benzene rings is 1. The average molecular weight is 193 g/mol. The third kappa shape index (κ3) is 3.15. The van der Waals surface area contributed by atoms with Gasteiger partial charge in [0.25, 0.3) is 0 Å². The first kappa shape index (κ1) is 10.2. The van der Waals surface area contributed by atoms with Crippen molar-refractivity contribution in [3.05, 3.63) is 30.3 Å². The van der Waals surface area contributed by atoms with E-state index in [1.165, 1.54) is 0 Å². The Morgan fingerprint density at radius 2 is 1.69 bits per heavy atom. The minimum atomic E-state index is 0.0329. The smallest absolute Gasteiger partial charge is 0.0851 e. The van der Waals surface area contributed by atoms with Gasteiger partial charge < -0.3 is 5.32 Å². The molecule has 0 aliphatic carbocycles. The van der Waals surface area contributed by atoms with Crippen molar-refractivity contribution < 1.29 is 0 Å². The zero-order chi connectivity index (χ0) is 9.90. The topological polar surface area (TPSA) is 12.0 Å². The van der Waals surface area contributed by atoms with Gasteiger partial charge in [-0.1, -0.05) is 51.2 Å². The van der Waals surface area contributed by atoms with E-state index in [-0.39, 0.29) is 5.41 Å². The van der Waals surface area contributed by atoms with E-state index in [1.807, 2.05) is 30.3 Å². The second kappa shape index (κ2) is 3.88. The van der Waals surface area contributed by atoms with E-state index in [1.54, 1.807) is 0 Å². The molecule has 0 aliphatic heterocycles. The molecule has 0 unspecified atom stereocenters. The summed E-state index contributed by atoms with van der Waals surface area (Å²) in [6.45, 7) is 6.31. The Balaban J connectivity index is 2.66. The van der Waals surface area contributed by atoms with Crippen molar-refractivity contribution in [2.75, 3.05) is 5.32 Å². The molecule has 0 saturated heterocycles. The van der Waals surface area contributed by atoms with Crippen molar-refractivity contribution >= 4 is 22.9 Å². The van der Waals surface area contributed by atoms with Crippen molar-refractivity contribution in [2.24, 2.45) is 5.41 Å². The maximum Gasteiger partial charge on any atom is 0.0851 e. The molecule has 2 heteroatoms. The molecule has 0 atom stereocenters. The van der Waals surface area contributed by atoms with Gasteiger partial charge in [-0.15, -0.1) is 0 Å². The first-order valence-electron chi connectivity index (χ1n) is 4.36. The lowest BCUT2D eigenvalue weighted by molar-refractivity contribution is 0.600. The minimum absolute atomic E-state index is 0.0329. The Kier molecular flexibility index (Phi) is 3.04. The Labute approximate surface area is 85.2 Å². The fourth-order valence-corrected chi connectivity index (χ4v) is 0.958. The molecule has 1 rings (SSSR count). The fraction of sp³-hybridized carbons (Fsp3) is 0.364. The van der Waals surface area contributed by atoms with E-state index in [0.717, 1.165) is 10.7 Å². The van der Waals surface area contributed by atoms with Crippen LogP contribution in [0.5, 0.6) is 0 Å². The molecule has 0 spiro atoms. The monoisotopic (exact) mass is 193 g/mol. The molecule has 0 aliphatic rings. The molecule has 0 heterocycles. The van der Waals surface area contributed by atoms with Crippen LogP contribution in [0.4, 0.5) is 5.69 Å². The molecular weight excluding hydrogens is 178 g/mol. The summed E-state index contributed by atoms with van der Waals surface area (Å²) in [5, 5.41) is 3.21. The molecule has 70 valence electrons. The molecule has 0 aromatic heterocycles. The van der Waals surface area contributed by atoms with Gasteiger partial charge in [0, 0.05) is 11.1 Å². The highest BCUT2D eigenvalue weighted by Crippen LogP contribution is 2.18. The Morgan fingerprint density at radius 3 is 2.15 bits per heavy atom. The van der Waals surface area contributed by atoms with Crippen LogP contribution in [0.2, 0.25) is 0 Å². The van der Waals surface area contributed by atoms with Crippen molar-refractivity contribution in [3.8, 4) is 0 Å². The first-order valence-corrected chi connectivity index (χ1v) is 4.77. The molecule has 1 aromatic rings. The van der Waals surface area contributed by atoms with E-state index in [0.29, 0.717) is 0 Å². The van der Waals surface area contributed by atoms with Crippen LogP contribution in [0.3, 0.4) is 0 Å². The maximum absolute atomic E-state index is 5.26. The Bertz CT molecular complexity index is 285. The van der Waals surface area contributed by atoms with Crippen LogP contribution in [0.25, 0.3) is 0 Å². The van der Waals surface area contributed by atoms with Crippen LogP contribution in [-0.4, -0.2) is 4.99 Å². The summed E-state index contributed by atoms with van der Waals surface area (Å²) >= 11 is 5.26. The predicted molar refractivity (Wildman–Crippen MR) is 62.1 cm³/mol. The number of rotatable bonds is 1. The lowest BCUT2D eigenvalue weighted by atomic mass is 9.96. The summed E-state index contributed by atoms with van der Waals surface area (Å²) < 4.78 is 0. The number of hydrogen-bond acceptors (Lipinski definition) is 1. The summed E-state index contributed by atoms with van der Waals surface area (Å²) in [6.07, 6.45) is 0. The van der Waals surface area contributed by atoms with Crippen molar-refractivity contribution in [1.29, 1.82) is 0 Å². The van der Waals surface area contributed by atoms with Gasteiger partial charge >= 0.3 is 0 Å². The second-order valence-electron chi connectivity index (χ2n) is 4.07. The molecule has 0 saturated carbocycles. The number of thiocarbonyl (C=S) groups is 1. The quantitative estimate of drug-likeness (QED) is 0.685. The number of nitrogens with one attached hydrogen (secondary N) is 1. The highest BCUT2D eigenvalue weighted by Gasteiger charge is 2.16. The highest BCUT2D eigenvalue weighted by atomic mass is 32.1. The lowest BCUT2D eigenvalue weighted by Crippen LogP contribution is -2.25. The van der Waals surface area contributed by atoms with Crippen molar-refractivity contribution in [3.63, 3.8) is 0 Å². The van der Waals surface area contributed by atoms with E-state index in [9.17, 15) is 0 Å². The zero-order valence-electron chi connectivity index (χ0n) is 8.29. The van der Waals surface area contributed by atoms with Gasteiger partial charge in [0.2, 0.25) is 0 Å². The van der Waals surface area contributed by atoms with E-state index in [2.05, 4.69) is 26.1 Å². The van der Waals surface area contributed by atoms with E-state index < -0.39 is 0 Å². The van der Waals surface area contributed by atoms with Gasteiger partial charge in [0.15, 0.2) is 0 Å². The lowest BCUT2D eigenvalue weighted by Gasteiger charge is -2.21. The van der Waals surface area contributed by atoms with Gasteiger partial charge in [-0.25, -0.2) is 0 Å². The summed E-state index contributed by atoms with van der Waals surface area (Å²) in [6, 6.07) is 10.0. The molecule has 0 amide bonds. The summed E-state index contributed by atoms with van der Waals surface area (Å²) in [5.41, 5.74) is 1.09. The zero-order valence-corrected chi connectivity index (χ0v) is 9.11. The van der Waals surface area contributed by atoms with E-state index in [4.69, 9.17) is 12.2 Å². The summed E-state index contributed by atoms with van der Waals surface area (Å²) in [7, 11) is 0. The molecule has 0 radical (unpaired) electrons. The Morgan fingerprint density at radius 1 is 1.15 bits per heavy atom. The SMILES string of the molecule is CC(C)(C)C(=S)Nc1ccccc1.